The van der Waals surface area contributed by atoms with Gasteiger partial charge in [-0.1, -0.05) is 13.8 Å². The summed E-state index contributed by atoms with van der Waals surface area (Å²) in [6.45, 7) is 9.35. The maximum Gasteiger partial charge on any atom is 0.265 e. The van der Waals surface area contributed by atoms with Crippen LogP contribution in [0.3, 0.4) is 0 Å². The molecule has 12 heavy (non-hydrogen) atoms. The molecule has 0 spiro atoms. The van der Waals surface area contributed by atoms with Crippen LogP contribution < -0.4 is 5.32 Å². The van der Waals surface area contributed by atoms with Crippen molar-refractivity contribution in [3.05, 3.63) is 6.92 Å². The molecule has 0 aromatic carbocycles. The molecule has 1 amide bonds. The SMILES string of the molecule is [CH2]C(C)CC(=N)C(=O)NC(C)C. The Bertz CT molecular complexity index is 153. The van der Waals surface area contributed by atoms with Crippen LogP contribution in [-0.4, -0.2) is 17.7 Å². The molecule has 0 saturated carbocycles. The second kappa shape index (κ2) is 4.91. The van der Waals surface area contributed by atoms with Gasteiger partial charge in [-0.05, 0) is 26.2 Å². The Labute approximate surface area is 74.1 Å². The molecule has 0 aromatic rings. The van der Waals surface area contributed by atoms with E-state index in [1.54, 1.807) is 0 Å². The molecular weight excluding hydrogens is 152 g/mol. The molecular formula is C9H17N2O. The summed E-state index contributed by atoms with van der Waals surface area (Å²) < 4.78 is 0. The monoisotopic (exact) mass is 169 g/mol. The van der Waals surface area contributed by atoms with Gasteiger partial charge in [0, 0.05) is 6.04 Å². The van der Waals surface area contributed by atoms with Crippen molar-refractivity contribution in [2.24, 2.45) is 5.92 Å². The van der Waals surface area contributed by atoms with Gasteiger partial charge in [0.1, 0.15) is 0 Å². The zero-order valence-electron chi connectivity index (χ0n) is 7.98. The largest absolute Gasteiger partial charge is 0.349 e. The average Bonchev–Trinajstić information content (AvgIpc) is 1.84. The van der Waals surface area contributed by atoms with Crippen molar-refractivity contribution >= 4 is 11.6 Å². The van der Waals surface area contributed by atoms with E-state index in [4.69, 9.17) is 5.41 Å². The fourth-order valence-electron chi connectivity index (χ4n) is 0.790. The zero-order valence-corrected chi connectivity index (χ0v) is 7.98. The molecule has 0 aliphatic rings. The van der Waals surface area contributed by atoms with Crippen LogP contribution in [0.25, 0.3) is 0 Å². The summed E-state index contributed by atoms with van der Waals surface area (Å²) in [5.41, 5.74) is 0.117. The average molecular weight is 169 g/mol. The van der Waals surface area contributed by atoms with Gasteiger partial charge in [-0.15, -0.1) is 0 Å². The minimum Gasteiger partial charge on any atom is -0.349 e. The summed E-state index contributed by atoms with van der Waals surface area (Å²) in [6, 6.07) is 0.0953. The van der Waals surface area contributed by atoms with Crippen molar-refractivity contribution < 1.29 is 4.79 Å². The smallest absolute Gasteiger partial charge is 0.265 e. The highest BCUT2D eigenvalue weighted by atomic mass is 16.1. The van der Waals surface area contributed by atoms with Crippen molar-refractivity contribution in [2.45, 2.75) is 33.2 Å². The van der Waals surface area contributed by atoms with Crippen molar-refractivity contribution in [1.29, 1.82) is 5.41 Å². The van der Waals surface area contributed by atoms with E-state index in [0.29, 0.717) is 6.42 Å². The van der Waals surface area contributed by atoms with Gasteiger partial charge in [-0.25, -0.2) is 0 Å². The van der Waals surface area contributed by atoms with E-state index in [1.165, 1.54) is 0 Å². The zero-order chi connectivity index (χ0) is 9.72. The third-order valence-electron chi connectivity index (χ3n) is 1.25. The second-order valence-electron chi connectivity index (χ2n) is 3.42. The summed E-state index contributed by atoms with van der Waals surface area (Å²) >= 11 is 0. The van der Waals surface area contributed by atoms with Crippen LogP contribution in [0, 0.1) is 18.3 Å². The van der Waals surface area contributed by atoms with Gasteiger partial charge in [0.25, 0.3) is 5.91 Å². The molecule has 2 N–H and O–H groups in total. The highest BCUT2D eigenvalue weighted by Gasteiger charge is 2.11. The predicted octanol–water partition coefficient (Wildman–Crippen LogP) is 1.39. The minimum atomic E-state index is -0.277. The molecule has 0 aliphatic heterocycles. The van der Waals surface area contributed by atoms with Crippen LogP contribution >= 0.6 is 0 Å². The number of rotatable bonds is 4. The first-order valence-corrected chi connectivity index (χ1v) is 4.14. The Balaban J connectivity index is 3.86. The number of hydrogen-bond donors (Lipinski definition) is 2. The standard InChI is InChI=1S/C9H17N2O/c1-6(2)5-8(10)9(12)11-7(3)4/h6-7,10H,1,5H2,2-4H3,(H,11,12). The van der Waals surface area contributed by atoms with E-state index in [2.05, 4.69) is 12.2 Å². The summed E-state index contributed by atoms with van der Waals surface area (Å²) in [7, 11) is 0. The highest BCUT2D eigenvalue weighted by molar-refractivity contribution is 6.37. The number of carbonyl (C=O) groups excluding carboxylic acids is 1. The highest BCUT2D eigenvalue weighted by Crippen LogP contribution is 1.99. The van der Waals surface area contributed by atoms with E-state index in [9.17, 15) is 4.79 Å². The van der Waals surface area contributed by atoms with Crippen LogP contribution in [-0.2, 0) is 4.79 Å². The fraction of sp³-hybridized carbons (Fsp3) is 0.667. The lowest BCUT2D eigenvalue weighted by Gasteiger charge is -2.10. The Kier molecular flexibility index (Phi) is 4.55. The van der Waals surface area contributed by atoms with E-state index >= 15 is 0 Å². The molecule has 3 heteroatoms. The lowest BCUT2D eigenvalue weighted by atomic mass is 10.1. The van der Waals surface area contributed by atoms with Crippen molar-refractivity contribution in [2.75, 3.05) is 0 Å². The third-order valence-corrected chi connectivity index (χ3v) is 1.25. The quantitative estimate of drug-likeness (QED) is 0.614. The van der Waals surface area contributed by atoms with Crippen molar-refractivity contribution in [3.63, 3.8) is 0 Å². The third kappa shape index (κ3) is 4.88. The molecule has 3 nitrogen and oxygen atoms in total. The van der Waals surface area contributed by atoms with Crippen molar-refractivity contribution in [1.82, 2.24) is 5.32 Å². The van der Waals surface area contributed by atoms with Crippen LogP contribution in [0.2, 0.25) is 0 Å². The van der Waals surface area contributed by atoms with Crippen LogP contribution in [0.4, 0.5) is 0 Å². The number of carbonyl (C=O) groups is 1. The first kappa shape index (κ1) is 11.1. The Morgan fingerprint density at radius 1 is 1.50 bits per heavy atom. The van der Waals surface area contributed by atoms with Gasteiger partial charge in [0.05, 0.1) is 5.71 Å². The number of amides is 1. The number of hydrogen-bond acceptors (Lipinski definition) is 2. The van der Waals surface area contributed by atoms with Crippen LogP contribution in [0.15, 0.2) is 0 Å². The Morgan fingerprint density at radius 2 is 2.00 bits per heavy atom. The summed E-state index contributed by atoms with van der Waals surface area (Å²) in [6.07, 6.45) is 0.443. The molecule has 0 rings (SSSR count). The second-order valence-corrected chi connectivity index (χ2v) is 3.42. The first-order chi connectivity index (χ1) is 5.43. The molecule has 0 aliphatic carbocycles. The lowest BCUT2D eigenvalue weighted by molar-refractivity contribution is -0.115. The molecule has 0 bridgehead atoms. The predicted molar refractivity (Wildman–Crippen MR) is 50.1 cm³/mol. The van der Waals surface area contributed by atoms with Crippen LogP contribution in [0.1, 0.15) is 27.2 Å². The van der Waals surface area contributed by atoms with E-state index in [0.717, 1.165) is 0 Å². The summed E-state index contributed by atoms with van der Waals surface area (Å²) in [4.78, 5) is 11.1. The normalized spacial score (nSPS) is 10.5. The van der Waals surface area contributed by atoms with Gasteiger partial charge in [-0.2, -0.15) is 0 Å². The number of nitrogens with one attached hydrogen (secondary N) is 2. The topological polar surface area (TPSA) is 53.0 Å². The van der Waals surface area contributed by atoms with Crippen molar-refractivity contribution in [3.8, 4) is 0 Å². The molecule has 0 saturated heterocycles. The Morgan fingerprint density at radius 3 is 2.33 bits per heavy atom. The van der Waals surface area contributed by atoms with E-state index < -0.39 is 0 Å². The maximum absolute atomic E-state index is 11.1. The van der Waals surface area contributed by atoms with Gasteiger partial charge in [0.2, 0.25) is 0 Å². The van der Waals surface area contributed by atoms with Gasteiger partial charge in [-0.3, -0.25) is 10.2 Å². The molecule has 0 fully saturated rings. The Hall–Kier alpha value is -0.860. The lowest BCUT2D eigenvalue weighted by Crippen LogP contribution is -2.36. The summed E-state index contributed by atoms with van der Waals surface area (Å²) in [5, 5.41) is 10.0. The molecule has 0 aromatic heterocycles. The van der Waals surface area contributed by atoms with Crippen LogP contribution in [0.5, 0.6) is 0 Å². The molecule has 0 heterocycles. The van der Waals surface area contributed by atoms with Gasteiger partial charge in [0.15, 0.2) is 0 Å². The minimum absolute atomic E-state index is 0.0953. The van der Waals surface area contributed by atoms with E-state index in [1.807, 2.05) is 20.8 Å². The fourth-order valence-corrected chi connectivity index (χ4v) is 0.790. The maximum atomic E-state index is 11.1. The molecule has 1 atom stereocenters. The first-order valence-electron chi connectivity index (χ1n) is 4.14. The molecule has 1 radical (unpaired) electrons. The molecule has 1 unspecified atom stereocenters. The van der Waals surface area contributed by atoms with Gasteiger partial charge < -0.3 is 5.32 Å². The van der Waals surface area contributed by atoms with E-state index in [-0.39, 0.29) is 23.6 Å². The van der Waals surface area contributed by atoms with Gasteiger partial charge >= 0.3 is 0 Å². The summed E-state index contributed by atoms with van der Waals surface area (Å²) in [5.74, 6) is -0.157. The molecule has 69 valence electrons.